The third-order valence-electron chi connectivity index (χ3n) is 2.30. The second-order valence-electron chi connectivity index (χ2n) is 3.58. The molecule has 0 fully saturated rings. The van der Waals surface area contributed by atoms with E-state index in [0.717, 1.165) is 6.07 Å². The molecule has 2 nitrogen and oxygen atoms in total. The highest BCUT2D eigenvalue weighted by atomic mass is 79.9. The van der Waals surface area contributed by atoms with E-state index in [1.165, 1.54) is 6.07 Å². The fourth-order valence-corrected chi connectivity index (χ4v) is 1.73. The summed E-state index contributed by atoms with van der Waals surface area (Å²) in [6.45, 7) is 0. The Labute approximate surface area is 111 Å². The van der Waals surface area contributed by atoms with E-state index in [9.17, 15) is 8.78 Å². The molecule has 0 aromatic heterocycles. The molecule has 5 heteroatoms. The minimum Gasteiger partial charge on any atom is -0.383 e. The van der Waals surface area contributed by atoms with Crippen molar-refractivity contribution >= 4 is 27.5 Å². The summed E-state index contributed by atoms with van der Waals surface area (Å²) < 4.78 is 26.7. The standard InChI is InChI=1S/C13H9BrF2N2/c14-9-6-12(11(16)7-10(9)15)18-13(17)8-4-2-1-3-5-8/h1-7H,(H2,17,18). The molecular formula is C13H9BrF2N2. The van der Waals surface area contributed by atoms with Crippen LogP contribution in [0.25, 0.3) is 0 Å². The van der Waals surface area contributed by atoms with Crippen LogP contribution in [0.2, 0.25) is 0 Å². The Morgan fingerprint density at radius 3 is 2.39 bits per heavy atom. The molecule has 92 valence electrons. The van der Waals surface area contributed by atoms with Crippen molar-refractivity contribution in [2.45, 2.75) is 0 Å². The molecule has 0 spiro atoms. The first-order valence-corrected chi connectivity index (χ1v) is 5.91. The van der Waals surface area contributed by atoms with Crippen molar-refractivity contribution in [1.82, 2.24) is 0 Å². The lowest BCUT2D eigenvalue weighted by atomic mass is 10.2. The molecule has 0 aliphatic heterocycles. The van der Waals surface area contributed by atoms with Crippen LogP contribution in [-0.2, 0) is 0 Å². The maximum Gasteiger partial charge on any atom is 0.151 e. The average Bonchev–Trinajstić information content (AvgIpc) is 2.37. The molecule has 2 aromatic rings. The van der Waals surface area contributed by atoms with E-state index in [2.05, 4.69) is 20.9 Å². The van der Waals surface area contributed by atoms with Gasteiger partial charge in [-0.05, 0) is 22.0 Å². The fraction of sp³-hybridized carbons (Fsp3) is 0. The lowest BCUT2D eigenvalue weighted by molar-refractivity contribution is 0.580. The maximum absolute atomic E-state index is 13.5. The fourth-order valence-electron chi connectivity index (χ4n) is 1.40. The molecule has 2 aromatic carbocycles. The Morgan fingerprint density at radius 1 is 1.06 bits per heavy atom. The van der Waals surface area contributed by atoms with Gasteiger partial charge in [0.05, 0.1) is 4.47 Å². The summed E-state index contributed by atoms with van der Waals surface area (Å²) in [5.41, 5.74) is 6.43. The summed E-state index contributed by atoms with van der Waals surface area (Å²) in [7, 11) is 0. The predicted octanol–water partition coefficient (Wildman–Crippen LogP) is 3.76. The van der Waals surface area contributed by atoms with Crippen LogP contribution in [0, 0.1) is 11.6 Å². The number of rotatable bonds is 2. The van der Waals surface area contributed by atoms with Crippen LogP contribution < -0.4 is 5.73 Å². The molecule has 0 saturated heterocycles. The third-order valence-corrected chi connectivity index (χ3v) is 2.91. The van der Waals surface area contributed by atoms with Crippen LogP contribution in [0.3, 0.4) is 0 Å². The van der Waals surface area contributed by atoms with E-state index in [4.69, 9.17) is 5.73 Å². The van der Waals surface area contributed by atoms with Crippen LogP contribution in [0.5, 0.6) is 0 Å². The zero-order chi connectivity index (χ0) is 13.1. The zero-order valence-electron chi connectivity index (χ0n) is 9.20. The summed E-state index contributed by atoms with van der Waals surface area (Å²) >= 11 is 2.97. The van der Waals surface area contributed by atoms with Crippen LogP contribution >= 0.6 is 15.9 Å². The second kappa shape index (κ2) is 5.27. The van der Waals surface area contributed by atoms with Crippen molar-refractivity contribution in [2.24, 2.45) is 10.7 Å². The SMILES string of the molecule is NC(=Nc1cc(Br)c(F)cc1F)c1ccccc1. The maximum atomic E-state index is 13.5. The highest BCUT2D eigenvalue weighted by molar-refractivity contribution is 9.10. The van der Waals surface area contributed by atoms with E-state index >= 15 is 0 Å². The molecule has 0 aliphatic rings. The Kier molecular flexibility index (Phi) is 3.72. The largest absolute Gasteiger partial charge is 0.383 e. The Bertz CT molecular complexity index is 597. The van der Waals surface area contributed by atoms with Gasteiger partial charge in [-0.3, -0.25) is 0 Å². The number of hydrogen-bond acceptors (Lipinski definition) is 1. The first-order chi connectivity index (χ1) is 8.58. The van der Waals surface area contributed by atoms with Crippen LogP contribution in [0.4, 0.5) is 14.5 Å². The summed E-state index contributed by atoms with van der Waals surface area (Å²) in [6.07, 6.45) is 0. The van der Waals surface area contributed by atoms with E-state index < -0.39 is 11.6 Å². The van der Waals surface area contributed by atoms with Crippen LogP contribution in [0.1, 0.15) is 5.56 Å². The molecule has 0 saturated carbocycles. The summed E-state index contributed by atoms with van der Waals surface area (Å²) in [4.78, 5) is 3.95. The third kappa shape index (κ3) is 2.73. The molecule has 0 unspecified atom stereocenters. The molecule has 18 heavy (non-hydrogen) atoms. The smallest absolute Gasteiger partial charge is 0.151 e. The minimum atomic E-state index is -0.755. The zero-order valence-corrected chi connectivity index (χ0v) is 10.8. The highest BCUT2D eigenvalue weighted by Crippen LogP contribution is 2.26. The van der Waals surface area contributed by atoms with Gasteiger partial charge in [-0.2, -0.15) is 0 Å². The van der Waals surface area contributed by atoms with Crippen molar-refractivity contribution < 1.29 is 8.78 Å². The van der Waals surface area contributed by atoms with Crippen LogP contribution in [0.15, 0.2) is 51.9 Å². The molecule has 2 rings (SSSR count). The van der Waals surface area contributed by atoms with Gasteiger partial charge in [0, 0.05) is 11.6 Å². The topological polar surface area (TPSA) is 38.4 Å². The van der Waals surface area contributed by atoms with E-state index in [1.54, 1.807) is 24.3 Å². The summed E-state index contributed by atoms with van der Waals surface area (Å²) in [5.74, 6) is -1.26. The Balaban J connectivity index is 2.42. The van der Waals surface area contributed by atoms with Gasteiger partial charge in [-0.25, -0.2) is 13.8 Å². The number of amidine groups is 1. The molecule has 0 aliphatic carbocycles. The van der Waals surface area contributed by atoms with Gasteiger partial charge in [-0.15, -0.1) is 0 Å². The number of nitrogens with zero attached hydrogens (tertiary/aromatic N) is 1. The van der Waals surface area contributed by atoms with Gasteiger partial charge in [0.2, 0.25) is 0 Å². The molecule has 0 heterocycles. The molecule has 0 radical (unpaired) electrons. The van der Waals surface area contributed by atoms with E-state index in [0.29, 0.717) is 5.56 Å². The molecule has 0 atom stereocenters. The first-order valence-electron chi connectivity index (χ1n) is 5.12. The van der Waals surface area contributed by atoms with E-state index in [-0.39, 0.29) is 16.0 Å². The van der Waals surface area contributed by atoms with Gasteiger partial charge in [0.1, 0.15) is 17.3 Å². The molecule has 2 N–H and O–H groups in total. The van der Waals surface area contributed by atoms with Crippen molar-refractivity contribution in [2.75, 3.05) is 0 Å². The Morgan fingerprint density at radius 2 is 1.72 bits per heavy atom. The highest BCUT2D eigenvalue weighted by Gasteiger charge is 2.08. The van der Waals surface area contributed by atoms with Crippen molar-refractivity contribution in [3.8, 4) is 0 Å². The van der Waals surface area contributed by atoms with E-state index in [1.807, 2.05) is 6.07 Å². The Hall–Kier alpha value is -1.75. The summed E-state index contributed by atoms with van der Waals surface area (Å²) in [6, 6.07) is 11.0. The van der Waals surface area contributed by atoms with Gasteiger partial charge >= 0.3 is 0 Å². The first kappa shape index (κ1) is 12.7. The van der Waals surface area contributed by atoms with Gasteiger partial charge in [0.25, 0.3) is 0 Å². The number of nitrogens with two attached hydrogens (primary N) is 1. The van der Waals surface area contributed by atoms with Crippen molar-refractivity contribution in [3.63, 3.8) is 0 Å². The predicted molar refractivity (Wildman–Crippen MR) is 70.9 cm³/mol. The normalized spacial score (nSPS) is 11.6. The number of halogens is 3. The minimum absolute atomic E-state index is 0.00960. The number of hydrogen-bond donors (Lipinski definition) is 1. The second-order valence-corrected chi connectivity index (χ2v) is 4.44. The lowest BCUT2D eigenvalue weighted by Gasteiger charge is -2.03. The van der Waals surface area contributed by atoms with Crippen molar-refractivity contribution in [3.05, 3.63) is 64.1 Å². The number of benzene rings is 2. The molecular weight excluding hydrogens is 302 g/mol. The van der Waals surface area contributed by atoms with Gasteiger partial charge in [0.15, 0.2) is 5.82 Å². The summed E-state index contributed by atoms with van der Waals surface area (Å²) in [5, 5.41) is 0. The van der Waals surface area contributed by atoms with Crippen molar-refractivity contribution in [1.29, 1.82) is 0 Å². The number of aliphatic imine (C=N–C) groups is 1. The quantitative estimate of drug-likeness (QED) is 0.512. The average molecular weight is 311 g/mol. The van der Waals surface area contributed by atoms with Crippen LogP contribution in [-0.4, -0.2) is 5.84 Å². The van der Waals surface area contributed by atoms with Gasteiger partial charge in [-0.1, -0.05) is 30.3 Å². The molecule has 0 amide bonds. The van der Waals surface area contributed by atoms with Gasteiger partial charge < -0.3 is 5.73 Å². The lowest BCUT2D eigenvalue weighted by Crippen LogP contribution is -2.12. The molecule has 0 bridgehead atoms. The monoisotopic (exact) mass is 310 g/mol.